The highest BCUT2D eigenvalue weighted by atomic mass is 16.6. The van der Waals surface area contributed by atoms with Crippen molar-refractivity contribution < 1.29 is 19.1 Å². The lowest BCUT2D eigenvalue weighted by molar-refractivity contribution is -0.138. The molecule has 0 bridgehead atoms. The number of pyridine rings is 1. The molecule has 0 atom stereocenters. The van der Waals surface area contributed by atoms with E-state index in [0.717, 1.165) is 18.4 Å². The lowest BCUT2D eigenvalue weighted by Gasteiger charge is -2.19. The summed E-state index contributed by atoms with van der Waals surface area (Å²) < 4.78 is 10.1. The van der Waals surface area contributed by atoms with Crippen LogP contribution < -0.4 is 0 Å². The summed E-state index contributed by atoms with van der Waals surface area (Å²) in [6.07, 6.45) is 3.75. The molecule has 0 amide bonds. The fourth-order valence-electron chi connectivity index (χ4n) is 1.86. The maximum absolute atomic E-state index is 11.9. The Morgan fingerprint density at radius 2 is 1.96 bits per heavy atom. The van der Waals surface area contributed by atoms with Gasteiger partial charge in [-0.3, -0.25) is 0 Å². The molecule has 0 aliphatic carbocycles. The lowest BCUT2D eigenvalue weighted by atomic mass is 10.1. The number of ether oxygens (including phenoxy) is 2. The first-order chi connectivity index (χ1) is 10.7. The summed E-state index contributed by atoms with van der Waals surface area (Å²) in [5.41, 5.74) is 1.23. The summed E-state index contributed by atoms with van der Waals surface area (Å²) in [6.45, 7) is 11.3. The number of carbonyl (C=O) groups is 2. The van der Waals surface area contributed by atoms with E-state index in [1.165, 1.54) is 0 Å². The summed E-state index contributed by atoms with van der Waals surface area (Å²) in [4.78, 5) is 27.4. The summed E-state index contributed by atoms with van der Waals surface area (Å²) in [6, 6.07) is 3.50. The Morgan fingerprint density at radius 3 is 2.48 bits per heavy atom. The molecule has 1 heterocycles. The summed E-state index contributed by atoms with van der Waals surface area (Å²) >= 11 is 0. The van der Waals surface area contributed by atoms with Crippen LogP contribution in [0.4, 0.5) is 0 Å². The fraction of sp³-hybridized carbons (Fsp3) is 0.500. The van der Waals surface area contributed by atoms with Gasteiger partial charge in [-0.2, -0.15) is 0 Å². The minimum Gasteiger partial charge on any atom is -0.463 e. The zero-order chi connectivity index (χ0) is 17.5. The Bertz CT molecular complexity index is 555. The van der Waals surface area contributed by atoms with E-state index in [4.69, 9.17) is 9.47 Å². The molecule has 0 saturated heterocycles. The van der Waals surface area contributed by atoms with Crippen LogP contribution >= 0.6 is 0 Å². The SMILES string of the molecule is C=C(CCCc1ccc(C(=O)OC(C)(C)C)nc1)C(=O)OCC. The summed E-state index contributed by atoms with van der Waals surface area (Å²) in [7, 11) is 0. The molecular weight excluding hydrogens is 294 g/mol. The Morgan fingerprint density at radius 1 is 1.26 bits per heavy atom. The Labute approximate surface area is 137 Å². The largest absolute Gasteiger partial charge is 0.463 e. The van der Waals surface area contributed by atoms with Gasteiger partial charge in [-0.05, 0) is 58.6 Å². The van der Waals surface area contributed by atoms with E-state index in [2.05, 4.69) is 11.6 Å². The minimum absolute atomic E-state index is 0.291. The van der Waals surface area contributed by atoms with Crippen LogP contribution in [0.5, 0.6) is 0 Å². The first-order valence-corrected chi connectivity index (χ1v) is 7.76. The Hall–Kier alpha value is -2.17. The van der Waals surface area contributed by atoms with E-state index in [9.17, 15) is 9.59 Å². The number of aromatic nitrogens is 1. The van der Waals surface area contributed by atoms with Crippen molar-refractivity contribution in [3.05, 3.63) is 41.7 Å². The molecule has 0 aromatic carbocycles. The highest BCUT2D eigenvalue weighted by molar-refractivity contribution is 5.88. The molecule has 126 valence electrons. The van der Waals surface area contributed by atoms with Crippen molar-refractivity contribution in [1.82, 2.24) is 4.98 Å². The predicted octanol–water partition coefficient (Wildman–Crippen LogP) is 3.48. The smallest absolute Gasteiger partial charge is 0.357 e. The third-order valence-corrected chi connectivity index (χ3v) is 2.94. The van der Waals surface area contributed by atoms with Gasteiger partial charge in [-0.25, -0.2) is 14.6 Å². The van der Waals surface area contributed by atoms with Crippen molar-refractivity contribution in [3.63, 3.8) is 0 Å². The molecule has 0 aliphatic heterocycles. The monoisotopic (exact) mass is 319 g/mol. The Balaban J connectivity index is 2.47. The molecule has 0 radical (unpaired) electrons. The zero-order valence-electron chi connectivity index (χ0n) is 14.3. The normalized spacial score (nSPS) is 11.0. The van der Waals surface area contributed by atoms with Crippen molar-refractivity contribution in [2.75, 3.05) is 6.61 Å². The molecule has 0 unspecified atom stereocenters. The number of hydrogen-bond acceptors (Lipinski definition) is 5. The van der Waals surface area contributed by atoms with E-state index >= 15 is 0 Å². The maximum atomic E-state index is 11.9. The van der Waals surface area contributed by atoms with Gasteiger partial charge in [0.1, 0.15) is 11.3 Å². The van der Waals surface area contributed by atoms with E-state index in [1.54, 1.807) is 19.2 Å². The highest BCUT2D eigenvalue weighted by Crippen LogP contribution is 2.13. The van der Waals surface area contributed by atoms with Crippen LogP contribution in [0.3, 0.4) is 0 Å². The van der Waals surface area contributed by atoms with Gasteiger partial charge in [0, 0.05) is 11.8 Å². The van der Waals surface area contributed by atoms with Crippen molar-refractivity contribution >= 4 is 11.9 Å². The minimum atomic E-state index is -0.537. The molecule has 1 rings (SSSR count). The van der Waals surface area contributed by atoms with Crippen molar-refractivity contribution in [2.24, 2.45) is 0 Å². The summed E-state index contributed by atoms with van der Waals surface area (Å²) in [5, 5.41) is 0. The average molecular weight is 319 g/mol. The van der Waals surface area contributed by atoms with Gasteiger partial charge in [-0.1, -0.05) is 12.6 Å². The quantitative estimate of drug-likeness (QED) is 0.568. The molecule has 0 saturated carbocycles. The third-order valence-electron chi connectivity index (χ3n) is 2.94. The standard InChI is InChI=1S/C18H25NO4/c1-6-22-16(20)13(2)8-7-9-14-10-11-15(19-12-14)17(21)23-18(3,4)5/h10-12H,2,6-9H2,1,3-5H3. The Kier molecular flexibility index (Phi) is 6.94. The van der Waals surface area contributed by atoms with Crippen LogP contribution in [-0.2, 0) is 20.7 Å². The number of hydrogen-bond donors (Lipinski definition) is 0. The number of esters is 2. The number of carbonyl (C=O) groups excluding carboxylic acids is 2. The second-order valence-electron chi connectivity index (χ2n) is 6.23. The maximum Gasteiger partial charge on any atom is 0.357 e. The number of rotatable bonds is 7. The van der Waals surface area contributed by atoms with Crippen molar-refractivity contribution in [2.45, 2.75) is 52.6 Å². The van der Waals surface area contributed by atoms with Crippen molar-refractivity contribution in [3.8, 4) is 0 Å². The number of aryl methyl sites for hydroxylation is 1. The van der Waals surface area contributed by atoms with Crippen LogP contribution in [0, 0.1) is 0 Å². The third kappa shape index (κ3) is 7.08. The van der Waals surface area contributed by atoms with Gasteiger partial charge in [0.05, 0.1) is 6.61 Å². The van der Waals surface area contributed by atoms with Crippen LogP contribution in [0.25, 0.3) is 0 Å². The zero-order valence-corrected chi connectivity index (χ0v) is 14.3. The highest BCUT2D eigenvalue weighted by Gasteiger charge is 2.18. The lowest BCUT2D eigenvalue weighted by Crippen LogP contribution is -2.24. The molecule has 0 fully saturated rings. The van der Waals surface area contributed by atoms with E-state index < -0.39 is 11.6 Å². The first-order valence-electron chi connectivity index (χ1n) is 7.76. The van der Waals surface area contributed by atoms with E-state index in [-0.39, 0.29) is 5.97 Å². The van der Waals surface area contributed by atoms with Crippen LogP contribution in [-0.4, -0.2) is 29.1 Å². The molecule has 1 aromatic heterocycles. The van der Waals surface area contributed by atoms with Crippen LogP contribution in [0.15, 0.2) is 30.5 Å². The topological polar surface area (TPSA) is 65.5 Å². The predicted molar refractivity (Wildman–Crippen MR) is 88.1 cm³/mol. The van der Waals surface area contributed by atoms with Crippen molar-refractivity contribution in [1.29, 1.82) is 0 Å². The van der Waals surface area contributed by atoms with E-state index in [1.807, 2.05) is 26.8 Å². The molecule has 23 heavy (non-hydrogen) atoms. The molecule has 5 heteroatoms. The fourth-order valence-corrected chi connectivity index (χ4v) is 1.86. The van der Waals surface area contributed by atoms with Gasteiger partial charge in [0.15, 0.2) is 0 Å². The first kappa shape index (κ1) is 18.9. The molecule has 1 aromatic rings. The average Bonchev–Trinajstić information content (AvgIpc) is 2.46. The molecule has 0 aliphatic rings. The van der Waals surface area contributed by atoms with Gasteiger partial charge >= 0.3 is 11.9 Å². The molecule has 0 spiro atoms. The van der Waals surface area contributed by atoms with Gasteiger partial charge in [-0.15, -0.1) is 0 Å². The second-order valence-corrected chi connectivity index (χ2v) is 6.23. The molecular formula is C18H25NO4. The van der Waals surface area contributed by atoms with Gasteiger partial charge in [0.25, 0.3) is 0 Å². The van der Waals surface area contributed by atoms with Gasteiger partial charge < -0.3 is 9.47 Å². The summed E-state index contributed by atoms with van der Waals surface area (Å²) in [5.74, 6) is -0.773. The van der Waals surface area contributed by atoms with E-state index in [0.29, 0.717) is 24.3 Å². The molecule has 5 nitrogen and oxygen atoms in total. The van der Waals surface area contributed by atoms with Gasteiger partial charge in [0.2, 0.25) is 0 Å². The van der Waals surface area contributed by atoms with Crippen LogP contribution in [0.1, 0.15) is 56.6 Å². The second kappa shape index (κ2) is 8.46. The number of nitrogens with zero attached hydrogens (tertiary/aromatic N) is 1. The molecule has 0 N–H and O–H groups in total. The van der Waals surface area contributed by atoms with Crippen LogP contribution in [0.2, 0.25) is 0 Å².